The lowest BCUT2D eigenvalue weighted by molar-refractivity contribution is -0.129. The molecule has 5 nitrogen and oxygen atoms in total. The number of rotatable bonds is 7. The molecule has 0 radical (unpaired) electrons. The van der Waals surface area contributed by atoms with Gasteiger partial charge in [-0.2, -0.15) is 0 Å². The number of likely N-dealkylation sites (N-methyl/N-ethyl adjacent to an activating group) is 1. The van der Waals surface area contributed by atoms with Gasteiger partial charge in [-0.25, -0.2) is 0 Å². The van der Waals surface area contributed by atoms with Crippen molar-refractivity contribution in [2.45, 2.75) is 64.5 Å². The van der Waals surface area contributed by atoms with Gasteiger partial charge in [-0.05, 0) is 39.7 Å². The lowest BCUT2D eigenvalue weighted by Crippen LogP contribution is -2.48. The third-order valence-electron chi connectivity index (χ3n) is 4.04. The third-order valence-corrected chi connectivity index (χ3v) is 4.04. The van der Waals surface area contributed by atoms with Crippen LogP contribution in [-0.4, -0.2) is 37.5 Å². The minimum Gasteiger partial charge on any atom is -0.353 e. The van der Waals surface area contributed by atoms with Crippen molar-refractivity contribution in [1.29, 1.82) is 0 Å². The summed E-state index contributed by atoms with van der Waals surface area (Å²) in [5.41, 5.74) is 0. The maximum Gasteiger partial charge on any atom is 0.242 e. The molecule has 6 heteroatoms. The molecule has 1 rings (SSSR count). The molecule has 0 saturated heterocycles. The Hall–Kier alpha value is -0.810. The number of hydrogen-bond donors (Lipinski definition) is 3. The Bertz CT molecular complexity index is 320. The highest BCUT2D eigenvalue weighted by Gasteiger charge is 2.20. The highest BCUT2D eigenvalue weighted by molar-refractivity contribution is 5.87. The molecule has 2 amide bonds. The maximum atomic E-state index is 11.9. The Morgan fingerprint density at radius 1 is 1.14 bits per heavy atom. The quantitative estimate of drug-likeness (QED) is 0.667. The molecule has 21 heavy (non-hydrogen) atoms. The SMILES string of the molecule is CNC(C)CNC(=O)C(C)NC(=O)CC1CCCCC1.Cl. The summed E-state index contributed by atoms with van der Waals surface area (Å²) >= 11 is 0. The maximum absolute atomic E-state index is 11.9. The van der Waals surface area contributed by atoms with Crippen LogP contribution in [0.1, 0.15) is 52.4 Å². The molecule has 2 atom stereocenters. The molecule has 0 heterocycles. The van der Waals surface area contributed by atoms with E-state index in [4.69, 9.17) is 0 Å². The number of carbonyl (C=O) groups is 2. The van der Waals surface area contributed by atoms with E-state index in [0.29, 0.717) is 18.9 Å². The Balaban J connectivity index is 0.00000400. The molecule has 0 aromatic carbocycles. The van der Waals surface area contributed by atoms with Gasteiger partial charge in [0.25, 0.3) is 0 Å². The summed E-state index contributed by atoms with van der Waals surface area (Å²) in [4.78, 5) is 23.8. The van der Waals surface area contributed by atoms with Crippen LogP contribution in [0.3, 0.4) is 0 Å². The molecule has 0 aromatic rings. The smallest absolute Gasteiger partial charge is 0.242 e. The first kappa shape index (κ1) is 20.2. The molecular formula is C15H30ClN3O2. The second kappa shape index (κ2) is 10.9. The first-order valence-corrected chi connectivity index (χ1v) is 7.77. The van der Waals surface area contributed by atoms with E-state index in [0.717, 1.165) is 12.8 Å². The summed E-state index contributed by atoms with van der Waals surface area (Å²) < 4.78 is 0. The fourth-order valence-corrected chi connectivity index (χ4v) is 2.53. The molecule has 0 aromatic heterocycles. The molecule has 1 aliphatic carbocycles. The van der Waals surface area contributed by atoms with Crippen LogP contribution in [0.15, 0.2) is 0 Å². The van der Waals surface area contributed by atoms with E-state index in [1.165, 1.54) is 19.3 Å². The predicted octanol–water partition coefficient (Wildman–Crippen LogP) is 1.61. The number of halogens is 1. The van der Waals surface area contributed by atoms with E-state index < -0.39 is 6.04 Å². The van der Waals surface area contributed by atoms with Crippen molar-refractivity contribution in [3.05, 3.63) is 0 Å². The van der Waals surface area contributed by atoms with Crippen LogP contribution in [0, 0.1) is 5.92 Å². The minimum absolute atomic E-state index is 0. The van der Waals surface area contributed by atoms with E-state index in [1.54, 1.807) is 6.92 Å². The summed E-state index contributed by atoms with van der Waals surface area (Å²) in [7, 11) is 1.85. The van der Waals surface area contributed by atoms with Crippen LogP contribution in [0.25, 0.3) is 0 Å². The molecule has 0 bridgehead atoms. The van der Waals surface area contributed by atoms with Gasteiger partial charge in [0.2, 0.25) is 11.8 Å². The number of amides is 2. The monoisotopic (exact) mass is 319 g/mol. The number of carbonyl (C=O) groups excluding carboxylic acids is 2. The van der Waals surface area contributed by atoms with E-state index in [-0.39, 0.29) is 30.3 Å². The van der Waals surface area contributed by atoms with Gasteiger partial charge in [0.1, 0.15) is 6.04 Å². The zero-order valence-corrected chi connectivity index (χ0v) is 14.2. The van der Waals surface area contributed by atoms with Crippen LogP contribution >= 0.6 is 12.4 Å². The summed E-state index contributed by atoms with van der Waals surface area (Å²) in [6, 6.07) is -0.237. The van der Waals surface area contributed by atoms with E-state index in [9.17, 15) is 9.59 Å². The summed E-state index contributed by atoms with van der Waals surface area (Å²) in [5, 5.41) is 8.68. The fourth-order valence-electron chi connectivity index (χ4n) is 2.53. The zero-order chi connectivity index (χ0) is 15.0. The first-order valence-electron chi connectivity index (χ1n) is 7.77. The topological polar surface area (TPSA) is 70.2 Å². The van der Waals surface area contributed by atoms with Crippen LogP contribution < -0.4 is 16.0 Å². The molecule has 0 spiro atoms. The van der Waals surface area contributed by atoms with Gasteiger partial charge in [0, 0.05) is 19.0 Å². The van der Waals surface area contributed by atoms with Crippen LogP contribution in [0.5, 0.6) is 0 Å². The normalized spacial score (nSPS) is 18.2. The van der Waals surface area contributed by atoms with Gasteiger partial charge in [0.15, 0.2) is 0 Å². The lowest BCUT2D eigenvalue weighted by Gasteiger charge is -2.22. The van der Waals surface area contributed by atoms with Crippen LogP contribution in [-0.2, 0) is 9.59 Å². The highest BCUT2D eigenvalue weighted by Crippen LogP contribution is 2.26. The lowest BCUT2D eigenvalue weighted by atomic mass is 9.87. The van der Waals surface area contributed by atoms with Gasteiger partial charge < -0.3 is 16.0 Å². The van der Waals surface area contributed by atoms with Crippen molar-refractivity contribution in [3.63, 3.8) is 0 Å². The van der Waals surface area contributed by atoms with Gasteiger partial charge in [-0.3, -0.25) is 9.59 Å². The van der Waals surface area contributed by atoms with Crippen molar-refractivity contribution in [3.8, 4) is 0 Å². The Morgan fingerprint density at radius 3 is 2.33 bits per heavy atom. The summed E-state index contributed by atoms with van der Waals surface area (Å²) in [5.74, 6) is 0.383. The van der Waals surface area contributed by atoms with Gasteiger partial charge in [-0.15, -0.1) is 12.4 Å². The molecule has 2 unspecified atom stereocenters. The van der Waals surface area contributed by atoms with Crippen LogP contribution in [0.4, 0.5) is 0 Å². The van der Waals surface area contributed by atoms with Crippen molar-refractivity contribution in [2.75, 3.05) is 13.6 Å². The minimum atomic E-state index is -0.463. The summed E-state index contributed by atoms with van der Waals surface area (Å²) in [6.45, 7) is 4.29. The van der Waals surface area contributed by atoms with E-state index >= 15 is 0 Å². The summed E-state index contributed by atoms with van der Waals surface area (Å²) in [6.07, 6.45) is 6.61. The number of hydrogen-bond acceptors (Lipinski definition) is 3. The Labute approximate surface area is 134 Å². The molecule has 1 aliphatic rings. The largest absolute Gasteiger partial charge is 0.353 e. The third kappa shape index (κ3) is 8.27. The van der Waals surface area contributed by atoms with E-state index in [1.807, 2.05) is 14.0 Å². The molecule has 0 aliphatic heterocycles. The molecule has 124 valence electrons. The highest BCUT2D eigenvalue weighted by atomic mass is 35.5. The second-order valence-electron chi connectivity index (χ2n) is 5.93. The van der Waals surface area contributed by atoms with Gasteiger partial charge in [0.05, 0.1) is 0 Å². The molecular weight excluding hydrogens is 290 g/mol. The van der Waals surface area contributed by atoms with E-state index in [2.05, 4.69) is 16.0 Å². The van der Waals surface area contributed by atoms with Crippen molar-refractivity contribution >= 4 is 24.2 Å². The molecule has 1 fully saturated rings. The standard InChI is InChI=1S/C15H29N3O2.ClH/c1-11(16-3)10-17-15(20)12(2)18-14(19)9-13-7-5-4-6-8-13;/h11-13,16H,4-10H2,1-3H3,(H,17,20)(H,18,19);1H. The molecule has 1 saturated carbocycles. The average Bonchev–Trinajstić information content (AvgIpc) is 2.45. The zero-order valence-electron chi connectivity index (χ0n) is 13.4. The first-order chi connectivity index (χ1) is 9.52. The predicted molar refractivity (Wildman–Crippen MR) is 87.6 cm³/mol. The Morgan fingerprint density at radius 2 is 1.76 bits per heavy atom. The van der Waals surface area contributed by atoms with Gasteiger partial charge in [-0.1, -0.05) is 19.3 Å². The van der Waals surface area contributed by atoms with Crippen LogP contribution in [0.2, 0.25) is 0 Å². The Kier molecular flexibility index (Phi) is 10.4. The van der Waals surface area contributed by atoms with Crippen molar-refractivity contribution < 1.29 is 9.59 Å². The number of nitrogens with one attached hydrogen (secondary N) is 3. The van der Waals surface area contributed by atoms with Crippen molar-refractivity contribution in [1.82, 2.24) is 16.0 Å². The fraction of sp³-hybridized carbons (Fsp3) is 0.867. The molecule has 3 N–H and O–H groups in total. The average molecular weight is 320 g/mol. The van der Waals surface area contributed by atoms with Crippen molar-refractivity contribution in [2.24, 2.45) is 5.92 Å². The van der Waals surface area contributed by atoms with Gasteiger partial charge >= 0.3 is 0 Å². The second-order valence-corrected chi connectivity index (χ2v) is 5.93.